The Labute approximate surface area is 194 Å². The van der Waals surface area contributed by atoms with Crippen LogP contribution in [0.15, 0.2) is 36.4 Å². The van der Waals surface area contributed by atoms with E-state index in [1.54, 1.807) is 14.0 Å². The molecule has 1 unspecified atom stereocenters. The van der Waals surface area contributed by atoms with Gasteiger partial charge in [0.2, 0.25) is 23.6 Å². The quantitative estimate of drug-likeness (QED) is 0.455. The van der Waals surface area contributed by atoms with Gasteiger partial charge in [0.05, 0.1) is 18.9 Å². The Bertz CT molecular complexity index is 916. The molecule has 1 heterocycles. The van der Waals surface area contributed by atoms with Crippen LogP contribution in [0.1, 0.15) is 45.6 Å². The average Bonchev–Trinajstić information content (AvgIpc) is 3.05. The molecule has 1 N–H and O–H groups in total. The first-order chi connectivity index (χ1) is 15.7. The number of nitrogens with one attached hydrogen (secondary N) is 1. The van der Waals surface area contributed by atoms with E-state index in [1.165, 1.54) is 9.80 Å². The third-order valence-electron chi connectivity index (χ3n) is 6.23. The number of fused-ring (bicyclic) bond motifs is 1. The third-order valence-corrected chi connectivity index (χ3v) is 6.23. The van der Waals surface area contributed by atoms with Gasteiger partial charge in [0, 0.05) is 25.6 Å². The Morgan fingerprint density at radius 1 is 1.12 bits per heavy atom. The highest BCUT2D eigenvalue weighted by Gasteiger charge is 2.47. The number of rotatable bonds is 9. The van der Waals surface area contributed by atoms with Crippen molar-refractivity contribution >= 4 is 23.6 Å². The van der Waals surface area contributed by atoms with Crippen molar-refractivity contribution in [2.75, 3.05) is 13.7 Å². The summed E-state index contributed by atoms with van der Waals surface area (Å²) in [5.41, 5.74) is 0.817. The molecule has 1 saturated heterocycles. The van der Waals surface area contributed by atoms with E-state index < -0.39 is 6.04 Å². The van der Waals surface area contributed by atoms with E-state index in [0.29, 0.717) is 18.6 Å². The maximum Gasteiger partial charge on any atom is 0.242 e. The minimum absolute atomic E-state index is 0.0244. The minimum atomic E-state index is -0.720. The van der Waals surface area contributed by atoms with Gasteiger partial charge in [0.15, 0.2) is 0 Å². The highest BCUT2D eigenvalue weighted by atomic mass is 16.5. The molecule has 0 radical (unpaired) electrons. The topological polar surface area (TPSA) is 96.0 Å². The number of carbonyl (C=O) groups excluding carboxylic acids is 4. The van der Waals surface area contributed by atoms with Crippen LogP contribution >= 0.6 is 0 Å². The number of hydrogen-bond acceptors (Lipinski definition) is 5. The zero-order chi connectivity index (χ0) is 24.1. The van der Waals surface area contributed by atoms with Gasteiger partial charge in [-0.25, -0.2) is 0 Å². The molecule has 3 rings (SSSR count). The van der Waals surface area contributed by atoms with Crippen LogP contribution in [0.3, 0.4) is 0 Å². The average molecular weight is 456 g/mol. The first-order valence-electron chi connectivity index (χ1n) is 11.5. The Morgan fingerprint density at radius 2 is 1.76 bits per heavy atom. The second-order valence-electron chi connectivity index (χ2n) is 8.95. The number of methoxy groups -OCH3 is 1. The summed E-state index contributed by atoms with van der Waals surface area (Å²) in [7, 11) is 1.57. The molecule has 2 aliphatic rings. The van der Waals surface area contributed by atoms with Crippen molar-refractivity contribution in [3.05, 3.63) is 42.0 Å². The lowest BCUT2D eigenvalue weighted by Gasteiger charge is -2.30. The van der Waals surface area contributed by atoms with Gasteiger partial charge in [-0.2, -0.15) is 0 Å². The fourth-order valence-corrected chi connectivity index (χ4v) is 4.40. The molecule has 1 aromatic carbocycles. The van der Waals surface area contributed by atoms with Crippen LogP contribution < -0.4 is 10.1 Å². The van der Waals surface area contributed by atoms with Gasteiger partial charge in [0.25, 0.3) is 0 Å². The monoisotopic (exact) mass is 455 g/mol. The SMILES string of the molecule is COc1cccc(CN(C(=O)CCN2C(=O)[C@H]3CC=CC[C@H]3C2=O)C(C)C(=O)NC(C)C)c1. The molecule has 1 fully saturated rings. The van der Waals surface area contributed by atoms with Crippen molar-refractivity contribution < 1.29 is 23.9 Å². The summed E-state index contributed by atoms with van der Waals surface area (Å²) < 4.78 is 5.27. The second kappa shape index (κ2) is 10.6. The summed E-state index contributed by atoms with van der Waals surface area (Å²) >= 11 is 0. The maximum atomic E-state index is 13.3. The van der Waals surface area contributed by atoms with Crippen molar-refractivity contribution in [1.29, 1.82) is 0 Å². The van der Waals surface area contributed by atoms with E-state index in [2.05, 4.69) is 5.32 Å². The number of likely N-dealkylation sites (tertiary alicyclic amines) is 1. The number of hydrogen-bond donors (Lipinski definition) is 1. The predicted molar refractivity (Wildman–Crippen MR) is 123 cm³/mol. The molecule has 8 heteroatoms. The van der Waals surface area contributed by atoms with Gasteiger partial charge in [-0.05, 0) is 51.3 Å². The van der Waals surface area contributed by atoms with Crippen LogP contribution in [0.5, 0.6) is 5.75 Å². The van der Waals surface area contributed by atoms with Gasteiger partial charge < -0.3 is 15.0 Å². The van der Waals surface area contributed by atoms with Gasteiger partial charge in [-0.1, -0.05) is 24.3 Å². The predicted octanol–water partition coefficient (Wildman–Crippen LogP) is 2.28. The summed E-state index contributed by atoms with van der Waals surface area (Å²) in [6.45, 7) is 5.63. The molecule has 0 spiro atoms. The van der Waals surface area contributed by atoms with Gasteiger partial charge in [0.1, 0.15) is 11.8 Å². The molecular weight excluding hydrogens is 422 g/mol. The Kier molecular flexibility index (Phi) is 7.89. The number of amides is 4. The Balaban J connectivity index is 1.73. The first-order valence-corrected chi connectivity index (χ1v) is 11.5. The lowest BCUT2D eigenvalue weighted by Crippen LogP contribution is -2.49. The maximum absolute atomic E-state index is 13.3. The van der Waals surface area contributed by atoms with E-state index >= 15 is 0 Å². The summed E-state index contributed by atoms with van der Waals surface area (Å²) in [5, 5.41) is 2.85. The summed E-state index contributed by atoms with van der Waals surface area (Å²) in [6, 6.07) is 6.53. The van der Waals surface area contributed by atoms with E-state index in [9.17, 15) is 19.2 Å². The van der Waals surface area contributed by atoms with Gasteiger partial charge >= 0.3 is 0 Å². The summed E-state index contributed by atoms with van der Waals surface area (Å²) in [4.78, 5) is 54.1. The standard InChI is InChI=1S/C25H33N3O5/c1-16(2)26-23(30)17(3)28(15-18-8-7-9-19(14-18)33-4)22(29)12-13-27-24(31)20-10-5-6-11-21(20)25(27)32/h5-9,14,16-17,20-21H,10-13,15H2,1-4H3,(H,26,30)/t17?,20-,21+. The van der Waals surface area contributed by atoms with Crippen LogP contribution in [0.4, 0.5) is 0 Å². The lowest BCUT2D eigenvalue weighted by molar-refractivity contribution is -0.143. The zero-order valence-electron chi connectivity index (χ0n) is 19.7. The van der Waals surface area contributed by atoms with Crippen LogP contribution in [0.2, 0.25) is 0 Å². The number of imide groups is 1. The highest BCUT2D eigenvalue weighted by molar-refractivity contribution is 6.05. The van der Waals surface area contributed by atoms with E-state index in [-0.39, 0.29) is 61.0 Å². The van der Waals surface area contributed by atoms with Crippen LogP contribution in [0, 0.1) is 11.8 Å². The fourth-order valence-electron chi connectivity index (χ4n) is 4.40. The van der Waals surface area contributed by atoms with Crippen molar-refractivity contribution in [2.24, 2.45) is 11.8 Å². The molecule has 4 amide bonds. The fraction of sp³-hybridized carbons (Fsp3) is 0.520. The third kappa shape index (κ3) is 5.61. The minimum Gasteiger partial charge on any atom is -0.497 e. The van der Waals surface area contributed by atoms with E-state index in [4.69, 9.17) is 4.74 Å². The number of benzene rings is 1. The molecule has 178 valence electrons. The molecule has 1 aromatic rings. The molecule has 1 aliphatic heterocycles. The van der Waals surface area contributed by atoms with Crippen LogP contribution in [-0.2, 0) is 25.7 Å². The van der Waals surface area contributed by atoms with Crippen molar-refractivity contribution in [2.45, 2.75) is 58.7 Å². The van der Waals surface area contributed by atoms with Crippen LogP contribution in [-0.4, -0.2) is 59.2 Å². The van der Waals surface area contributed by atoms with Crippen LogP contribution in [0.25, 0.3) is 0 Å². The Morgan fingerprint density at radius 3 is 2.33 bits per heavy atom. The smallest absolute Gasteiger partial charge is 0.242 e. The first kappa shape index (κ1) is 24.5. The molecule has 1 aliphatic carbocycles. The summed E-state index contributed by atoms with van der Waals surface area (Å²) in [5.74, 6) is -0.935. The number of carbonyl (C=O) groups is 4. The van der Waals surface area contributed by atoms with Crippen molar-refractivity contribution in [3.8, 4) is 5.75 Å². The van der Waals surface area contributed by atoms with Crippen molar-refractivity contribution in [1.82, 2.24) is 15.1 Å². The summed E-state index contributed by atoms with van der Waals surface area (Å²) in [6.07, 6.45) is 4.97. The molecule has 8 nitrogen and oxygen atoms in total. The Hall–Kier alpha value is -3.16. The highest BCUT2D eigenvalue weighted by Crippen LogP contribution is 2.35. The molecule has 0 bridgehead atoms. The molecule has 0 saturated carbocycles. The van der Waals surface area contributed by atoms with Gasteiger partial charge in [-0.15, -0.1) is 0 Å². The molecule has 3 atom stereocenters. The second-order valence-corrected chi connectivity index (χ2v) is 8.95. The molecular formula is C25H33N3O5. The molecule has 0 aromatic heterocycles. The number of allylic oxidation sites excluding steroid dienone is 2. The number of ether oxygens (including phenoxy) is 1. The normalized spacial score (nSPS) is 20.6. The van der Waals surface area contributed by atoms with Crippen molar-refractivity contribution in [3.63, 3.8) is 0 Å². The largest absolute Gasteiger partial charge is 0.497 e. The lowest BCUT2D eigenvalue weighted by atomic mass is 9.85. The zero-order valence-corrected chi connectivity index (χ0v) is 19.7. The van der Waals surface area contributed by atoms with E-state index in [0.717, 1.165) is 5.56 Å². The molecule has 33 heavy (non-hydrogen) atoms. The number of nitrogens with zero attached hydrogens (tertiary/aromatic N) is 2. The van der Waals surface area contributed by atoms with E-state index in [1.807, 2.05) is 50.3 Å². The van der Waals surface area contributed by atoms with Gasteiger partial charge in [-0.3, -0.25) is 24.1 Å².